The second kappa shape index (κ2) is 10.8. The van der Waals surface area contributed by atoms with Crippen molar-refractivity contribution in [2.24, 2.45) is 0 Å². The van der Waals surface area contributed by atoms with Crippen molar-refractivity contribution >= 4 is 23.4 Å². The topological polar surface area (TPSA) is 106 Å². The number of esters is 1. The number of amides is 1. The van der Waals surface area contributed by atoms with Crippen LogP contribution in [0, 0.1) is 5.41 Å². The van der Waals surface area contributed by atoms with Crippen LogP contribution in [-0.4, -0.2) is 36.0 Å². The first kappa shape index (κ1) is 23.9. The maximum absolute atomic E-state index is 13.0. The highest BCUT2D eigenvalue weighted by atomic mass is 16.6. The van der Waals surface area contributed by atoms with E-state index in [1.165, 1.54) is 0 Å². The Kier molecular flexibility index (Phi) is 7.35. The number of ether oxygens (including phenoxy) is 2. The fourth-order valence-electron chi connectivity index (χ4n) is 3.90. The predicted molar refractivity (Wildman–Crippen MR) is 131 cm³/mol. The van der Waals surface area contributed by atoms with Crippen molar-refractivity contribution in [3.63, 3.8) is 0 Å². The van der Waals surface area contributed by atoms with E-state index in [4.69, 9.17) is 14.9 Å². The lowest BCUT2D eigenvalue weighted by Crippen LogP contribution is -2.43. The maximum Gasteiger partial charge on any atom is 0.344 e. The van der Waals surface area contributed by atoms with Crippen molar-refractivity contribution in [3.05, 3.63) is 101 Å². The van der Waals surface area contributed by atoms with Crippen molar-refractivity contribution in [2.75, 3.05) is 6.61 Å². The fourth-order valence-corrected chi connectivity index (χ4v) is 3.90. The van der Waals surface area contributed by atoms with Crippen LogP contribution in [-0.2, 0) is 22.6 Å². The molecule has 0 heterocycles. The van der Waals surface area contributed by atoms with Crippen molar-refractivity contribution in [2.45, 2.75) is 32.4 Å². The van der Waals surface area contributed by atoms with Gasteiger partial charge >= 0.3 is 5.97 Å². The summed E-state index contributed by atoms with van der Waals surface area (Å²) in [6.07, 6.45) is 1.06. The summed E-state index contributed by atoms with van der Waals surface area (Å²) in [7, 11) is 0. The lowest BCUT2D eigenvalue weighted by atomic mass is 9.87. The summed E-state index contributed by atoms with van der Waals surface area (Å²) in [5.74, 6) is -0.471. The van der Waals surface area contributed by atoms with Gasteiger partial charge in [0, 0.05) is 16.8 Å². The summed E-state index contributed by atoms with van der Waals surface area (Å²) in [5.41, 5.74) is 3.86. The molecule has 7 nitrogen and oxygen atoms in total. The summed E-state index contributed by atoms with van der Waals surface area (Å²) in [6, 6.07) is 20.6. The van der Waals surface area contributed by atoms with Crippen LogP contribution in [0.3, 0.4) is 0 Å². The number of nitrogens with one attached hydrogen (secondary N) is 2. The van der Waals surface area contributed by atoms with E-state index in [0.717, 1.165) is 16.7 Å². The van der Waals surface area contributed by atoms with Gasteiger partial charge in [0.1, 0.15) is 12.4 Å². The molecule has 0 radical (unpaired) electrons. The van der Waals surface area contributed by atoms with Crippen molar-refractivity contribution in [1.82, 2.24) is 5.32 Å². The molecule has 0 bridgehead atoms. The summed E-state index contributed by atoms with van der Waals surface area (Å²) in [5, 5.41) is 10.5. The first-order chi connectivity index (χ1) is 16.9. The Bertz CT molecular complexity index is 1250. The highest BCUT2D eigenvalue weighted by molar-refractivity contribution is 6.06. The average molecular weight is 471 g/mol. The number of ketones is 1. The molecular weight excluding hydrogens is 444 g/mol. The Morgan fingerprint density at radius 2 is 1.71 bits per heavy atom. The zero-order valence-electron chi connectivity index (χ0n) is 19.4. The van der Waals surface area contributed by atoms with E-state index >= 15 is 0 Å². The zero-order chi connectivity index (χ0) is 24.8. The number of carbonyl (C=O) groups excluding carboxylic acids is 3. The molecule has 1 aliphatic carbocycles. The van der Waals surface area contributed by atoms with Crippen LogP contribution in [0.4, 0.5) is 0 Å². The third kappa shape index (κ3) is 6.00. The molecule has 4 rings (SSSR count). The van der Waals surface area contributed by atoms with Gasteiger partial charge in [0.15, 0.2) is 12.4 Å². The van der Waals surface area contributed by atoms with Crippen LogP contribution in [0.2, 0.25) is 0 Å². The molecule has 7 heteroatoms. The minimum atomic E-state index is -0.612. The van der Waals surface area contributed by atoms with Crippen LogP contribution >= 0.6 is 0 Å². The van der Waals surface area contributed by atoms with E-state index in [2.05, 4.69) is 5.32 Å². The Labute approximate surface area is 203 Å². The van der Waals surface area contributed by atoms with E-state index in [1.807, 2.05) is 30.3 Å². The molecule has 1 aliphatic rings. The quantitative estimate of drug-likeness (QED) is 0.381. The predicted octanol–water partition coefficient (Wildman–Crippen LogP) is 4.12. The first-order valence-electron chi connectivity index (χ1n) is 11.4. The van der Waals surface area contributed by atoms with Gasteiger partial charge in [0.2, 0.25) is 0 Å². The van der Waals surface area contributed by atoms with E-state index in [0.29, 0.717) is 35.4 Å². The molecule has 1 amide bonds. The van der Waals surface area contributed by atoms with E-state index in [1.54, 1.807) is 49.4 Å². The number of Topliss-reactive ketones (excluding diaryl/α,β-unsaturated/α-hetero) is 1. The molecule has 3 aromatic rings. The zero-order valence-corrected chi connectivity index (χ0v) is 19.4. The highest BCUT2D eigenvalue weighted by Crippen LogP contribution is 2.26. The number of aryl methyl sites for hydroxylation is 1. The lowest BCUT2D eigenvalue weighted by molar-refractivity contribution is -0.147. The average Bonchev–Trinajstić information content (AvgIpc) is 2.88. The largest absolute Gasteiger partial charge is 0.482 e. The van der Waals surface area contributed by atoms with Crippen LogP contribution in [0.5, 0.6) is 5.75 Å². The molecule has 0 fully saturated rings. The van der Waals surface area contributed by atoms with Gasteiger partial charge in [-0.3, -0.25) is 9.59 Å². The van der Waals surface area contributed by atoms with Crippen LogP contribution in [0.15, 0.2) is 72.8 Å². The number of fused-ring (bicyclic) bond motifs is 1. The SMILES string of the molecule is CC(=N)c1ccc(C(=O)NC2CCc3cc(OCC(=O)OCc4ccccc4)ccc3C2=O)cc1. The van der Waals surface area contributed by atoms with Gasteiger partial charge in [0.25, 0.3) is 5.91 Å². The lowest BCUT2D eigenvalue weighted by Gasteiger charge is -2.24. The van der Waals surface area contributed by atoms with Gasteiger partial charge in [-0.15, -0.1) is 0 Å². The molecule has 0 saturated heterocycles. The third-order valence-electron chi connectivity index (χ3n) is 5.85. The summed E-state index contributed by atoms with van der Waals surface area (Å²) in [4.78, 5) is 37.6. The monoisotopic (exact) mass is 470 g/mol. The molecule has 0 saturated carbocycles. The summed E-state index contributed by atoms with van der Waals surface area (Å²) in [6.45, 7) is 1.64. The van der Waals surface area contributed by atoms with Gasteiger partial charge < -0.3 is 20.2 Å². The van der Waals surface area contributed by atoms with Crippen molar-refractivity contribution in [3.8, 4) is 5.75 Å². The van der Waals surface area contributed by atoms with Crippen molar-refractivity contribution in [1.29, 1.82) is 5.41 Å². The maximum atomic E-state index is 13.0. The minimum Gasteiger partial charge on any atom is -0.482 e. The first-order valence-corrected chi connectivity index (χ1v) is 11.4. The summed E-state index contributed by atoms with van der Waals surface area (Å²) < 4.78 is 10.8. The van der Waals surface area contributed by atoms with Gasteiger partial charge in [-0.05, 0) is 66.8 Å². The highest BCUT2D eigenvalue weighted by Gasteiger charge is 2.29. The molecule has 0 spiro atoms. The van der Waals surface area contributed by atoms with Crippen molar-refractivity contribution < 1.29 is 23.9 Å². The van der Waals surface area contributed by atoms with E-state index in [-0.39, 0.29) is 24.9 Å². The Morgan fingerprint density at radius 3 is 2.43 bits per heavy atom. The second-order valence-electron chi connectivity index (χ2n) is 8.39. The third-order valence-corrected chi connectivity index (χ3v) is 5.85. The number of carbonyl (C=O) groups is 3. The van der Waals surface area contributed by atoms with E-state index < -0.39 is 12.0 Å². The van der Waals surface area contributed by atoms with Crippen LogP contribution < -0.4 is 10.1 Å². The molecular formula is C28H26N2O5. The number of hydrogen-bond donors (Lipinski definition) is 2. The normalized spacial score (nSPS) is 14.5. The van der Waals surface area contributed by atoms with Gasteiger partial charge in [-0.25, -0.2) is 4.79 Å². The Hall–Kier alpha value is -4.26. The molecule has 2 N–H and O–H groups in total. The summed E-state index contributed by atoms with van der Waals surface area (Å²) >= 11 is 0. The van der Waals surface area contributed by atoms with Crippen LogP contribution in [0.25, 0.3) is 0 Å². The Morgan fingerprint density at radius 1 is 1.00 bits per heavy atom. The second-order valence-corrected chi connectivity index (χ2v) is 8.39. The molecule has 3 aromatic carbocycles. The van der Waals surface area contributed by atoms with Crippen LogP contribution in [0.1, 0.15) is 50.8 Å². The Balaban J connectivity index is 1.31. The van der Waals surface area contributed by atoms with Gasteiger partial charge in [-0.1, -0.05) is 42.5 Å². The number of hydrogen-bond acceptors (Lipinski definition) is 6. The van der Waals surface area contributed by atoms with Gasteiger partial charge in [0.05, 0.1) is 6.04 Å². The molecule has 0 aliphatic heterocycles. The molecule has 35 heavy (non-hydrogen) atoms. The number of benzene rings is 3. The smallest absolute Gasteiger partial charge is 0.344 e. The number of rotatable bonds is 8. The molecule has 178 valence electrons. The molecule has 1 unspecified atom stereocenters. The standard InChI is InChI=1S/C28H26N2O5/c1-18(29)20-7-9-21(10-8-20)28(33)30-25-14-11-22-15-23(12-13-24(22)27(25)32)34-17-26(31)35-16-19-5-3-2-4-6-19/h2-10,12-13,15,25,29H,11,14,16-17H2,1H3,(H,30,33). The molecule has 1 atom stereocenters. The van der Waals surface area contributed by atoms with Gasteiger partial charge in [-0.2, -0.15) is 0 Å². The van der Waals surface area contributed by atoms with E-state index in [9.17, 15) is 14.4 Å². The molecule has 0 aromatic heterocycles. The minimum absolute atomic E-state index is 0.152. The fraction of sp³-hybridized carbons (Fsp3) is 0.214.